The molecule has 3 aromatic rings. The summed E-state index contributed by atoms with van der Waals surface area (Å²) >= 11 is 1.16. The van der Waals surface area contributed by atoms with E-state index in [0.29, 0.717) is 5.56 Å². The Hall–Kier alpha value is -3.32. The molecule has 4 rings (SSSR count). The normalized spacial score (nSPS) is 18.4. The van der Waals surface area contributed by atoms with Crippen molar-refractivity contribution in [3.8, 4) is 0 Å². The number of hydrogen-bond donors (Lipinski definition) is 1. The van der Waals surface area contributed by atoms with Crippen LogP contribution in [0.25, 0.3) is 5.76 Å². The number of anilines is 1. The number of Topliss-reactive ketones (excluding diaryl/α,β-unsaturated/α-hetero) is 1. The molecule has 0 aliphatic carbocycles. The highest BCUT2D eigenvalue weighted by atomic mass is 32.1. The number of aromatic nitrogens is 1. The molecule has 1 fully saturated rings. The summed E-state index contributed by atoms with van der Waals surface area (Å²) in [5.74, 6) is -2.61. The number of carbonyl (C=O) groups is 2. The van der Waals surface area contributed by atoms with Gasteiger partial charge in [-0.2, -0.15) is 0 Å². The standard InChI is InChI=1S/C22H17FN2O3S/c1-12-7-8-13(2)15(11-12)19(26)17-18(14-5-3-4-6-16(14)23)25(21(28)20(17)27)22-24-9-10-29-22/h3-11,18,26H,1-2H3/b19-17+. The number of nitrogens with zero attached hydrogens (tertiary/aromatic N) is 2. The maximum Gasteiger partial charge on any atom is 0.301 e. The summed E-state index contributed by atoms with van der Waals surface area (Å²) in [6.45, 7) is 3.65. The second-order valence-electron chi connectivity index (χ2n) is 6.82. The highest BCUT2D eigenvalue weighted by Gasteiger charge is 2.48. The third-order valence-corrected chi connectivity index (χ3v) is 5.69. The molecule has 29 heavy (non-hydrogen) atoms. The molecule has 1 aliphatic rings. The summed E-state index contributed by atoms with van der Waals surface area (Å²) in [7, 11) is 0. The van der Waals surface area contributed by atoms with Gasteiger partial charge in [0.05, 0.1) is 5.57 Å². The van der Waals surface area contributed by atoms with Crippen molar-refractivity contribution in [2.75, 3.05) is 4.90 Å². The number of aliphatic hydroxyl groups excluding tert-OH is 1. The minimum atomic E-state index is -1.11. The van der Waals surface area contributed by atoms with Gasteiger partial charge in [0.1, 0.15) is 17.6 Å². The van der Waals surface area contributed by atoms with Crippen LogP contribution in [0.1, 0.15) is 28.3 Å². The van der Waals surface area contributed by atoms with Crippen LogP contribution < -0.4 is 4.90 Å². The number of ketones is 1. The van der Waals surface area contributed by atoms with Crippen LogP contribution in [0.2, 0.25) is 0 Å². The summed E-state index contributed by atoms with van der Waals surface area (Å²) < 4.78 is 14.7. The molecule has 2 aromatic carbocycles. The number of carbonyl (C=O) groups excluding carboxylic acids is 2. The van der Waals surface area contributed by atoms with E-state index < -0.39 is 23.5 Å². The number of rotatable bonds is 3. The third-order valence-electron chi connectivity index (χ3n) is 4.92. The zero-order valence-electron chi connectivity index (χ0n) is 15.7. The number of aliphatic hydroxyl groups is 1. The quantitative estimate of drug-likeness (QED) is 0.393. The largest absolute Gasteiger partial charge is 0.507 e. The maximum atomic E-state index is 14.7. The molecular formula is C22H17FN2O3S. The fourth-order valence-corrected chi connectivity index (χ4v) is 4.16. The Morgan fingerprint density at radius 3 is 2.62 bits per heavy atom. The van der Waals surface area contributed by atoms with Crippen molar-refractivity contribution in [2.24, 2.45) is 0 Å². The molecule has 5 nitrogen and oxygen atoms in total. The molecule has 1 aromatic heterocycles. The SMILES string of the molecule is Cc1ccc(C)c(/C(O)=C2\C(=O)C(=O)N(c3nccs3)C2c2ccccc2F)c1. The van der Waals surface area contributed by atoms with E-state index in [1.807, 2.05) is 19.1 Å². The molecule has 1 saturated heterocycles. The Labute approximate surface area is 170 Å². The van der Waals surface area contributed by atoms with Crippen LogP contribution in [0.15, 0.2) is 59.6 Å². The molecule has 0 bridgehead atoms. The van der Waals surface area contributed by atoms with Gasteiger partial charge in [-0.05, 0) is 31.5 Å². The predicted molar refractivity (Wildman–Crippen MR) is 109 cm³/mol. The van der Waals surface area contributed by atoms with Gasteiger partial charge >= 0.3 is 5.91 Å². The van der Waals surface area contributed by atoms with E-state index in [9.17, 15) is 19.1 Å². The van der Waals surface area contributed by atoms with Gasteiger partial charge in [-0.15, -0.1) is 11.3 Å². The van der Waals surface area contributed by atoms with Crippen LogP contribution in [0.5, 0.6) is 0 Å². The number of hydrogen-bond acceptors (Lipinski definition) is 5. The second-order valence-corrected chi connectivity index (χ2v) is 7.70. The minimum absolute atomic E-state index is 0.119. The van der Waals surface area contributed by atoms with Crippen LogP contribution >= 0.6 is 11.3 Å². The first-order chi connectivity index (χ1) is 13.9. The predicted octanol–water partition coefficient (Wildman–Crippen LogP) is 4.53. The highest BCUT2D eigenvalue weighted by Crippen LogP contribution is 2.43. The van der Waals surface area contributed by atoms with Gasteiger partial charge in [-0.1, -0.05) is 35.9 Å². The van der Waals surface area contributed by atoms with Crippen LogP contribution in [0.3, 0.4) is 0 Å². The van der Waals surface area contributed by atoms with E-state index in [-0.39, 0.29) is 22.0 Å². The van der Waals surface area contributed by atoms with E-state index in [2.05, 4.69) is 4.98 Å². The Morgan fingerprint density at radius 2 is 1.93 bits per heavy atom. The average Bonchev–Trinajstić information content (AvgIpc) is 3.31. The zero-order valence-corrected chi connectivity index (χ0v) is 16.5. The minimum Gasteiger partial charge on any atom is -0.507 e. The van der Waals surface area contributed by atoms with Crippen molar-refractivity contribution in [2.45, 2.75) is 19.9 Å². The summed E-state index contributed by atoms with van der Waals surface area (Å²) in [4.78, 5) is 31.1. The lowest BCUT2D eigenvalue weighted by Crippen LogP contribution is -2.29. The summed E-state index contributed by atoms with van der Waals surface area (Å²) in [5.41, 5.74) is 2.02. The van der Waals surface area contributed by atoms with E-state index >= 15 is 0 Å². The van der Waals surface area contributed by atoms with Crippen LogP contribution in [-0.4, -0.2) is 21.8 Å². The van der Waals surface area contributed by atoms with E-state index in [1.165, 1.54) is 24.4 Å². The van der Waals surface area contributed by atoms with E-state index in [0.717, 1.165) is 27.4 Å². The fourth-order valence-electron chi connectivity index (χ4n) is 3.49. The second kappa shape index (κ2) is 7.25. The first-order valence-corrected chi connectivity index (χ1v) is 9.80. The van der Waals surface area contributed by atoms with Crippen molar-refractivity contribution in [1.29, 1.82) is 0 Å². The summed E-state index contributed by atoms with van der Waals surface area (Å²) in [5, 5.41) is 13.0. The number of benzene rings is 2. The van der Waals surface area contributed by atoms with E-state index in [1.54, 1.807) is 24.4 Å². The maximum absolute atomic E-state index is 14.7. The van der Waals surface area contributed by atoms with Gasteiger partial charge in [0, 0.05) is 22.7 Å². The third kappa shape index (κ3) is 3.13. The zero-order chi connectivity index (χ0) is 20.7. The van der Waals surface area contributed by atoms with Crippen molar-refractivity contribution in [3.05, 3.63) is 87.7 Å². The Bertz CT molecular complexity index is 1150. The molecule has 2 heterocycles. The molecule has 1 unspecified atom stereocenters. The van der Waals surface area contributed by atoms with Gasteiger partial charge in [-0.25, -0.2) is 9.37 Å². The van der Waals surface area contributed by atoms with Crippen LogP contribution in [-0.2, 0) is 9.59 Å². The molecule has 1 aliphatic heterocycles. The monoisotopic (exact) mass is 408 g/mol. The van der Waals surface area contributed by atoms with Crippen molar-refractivity contribution in [1.82, 2.24) is 4.98 Å². The Balaban J connectivity index is 2.01. The molecule has 146 valence electrons. The molecule has 1 atom stereocenters. The Morgan fingerprint density at radius 1 is 1.17 bits per heavy atom. The molecule has 7 heteroatoms. The average molecular weight is 408 g/mol. The number of amides is 1. The molecule has 0 spiro atoms. The summed E-state index contributed by atoms with van der Waals surface area (Å²) in [6.07, 6.45) is 1.50. The lowest BCUT2D eigenvalue weighted by atomic mass is 9.93. The smallest absolute Gasteiger partial charge is 0.301 e. The van der Waals surface area contributed by atoms with Crippen molar-refractivity contribution in [3.63, 3.8) is 0 Å². The van der Waals surface area contributed by atoms with Gasteiger partial charge < -0.3 is 5.11 Å². The molecule has 1 amide bonds. The topological polar surface area (TPSA) is 70.5 Å². The number of halogens is 1. The number of thiazole rings is 1. The molecule has 1 N–H and O–H groups in total. The molecule has 0 radical (unpaired) electrons. The highest BCUT2D eigenvalue weighted by molar-refractivity contribution is 7.14. The first kappa shape index (κ1) is 19.0. The fraction of sp³-hybridized carbons (Fsp3) is 0.136. The molecular weight excluding hydrogens is 391 g/mol. The molecule has 0 saturated carbocycles. The Kier molecular flexibility index (Phi) is 4.76. The van der Waals surface area contributed by atoms with E-state index in [4.69, 9.17) is 0 Å². The first-order valence-electron chi connectivity index (χ1n) is 8.92. The van der Waals surface area contributed by atoms with Crippen molar-refractivity contribution < 1.29 is 19.1 Å². The summed E-state index contributed by atoms with van der Waals surface area (Å²) in [6, 6.07) is 10.2. The van der Waals surface area contributed by atoms with Gasteiger partial charge in [0.25, 0.3) is 5.78 Å². The lowest BCUT2D eigenvalue weighted by Gasteiger charge is -2.23. The van der Waals surface area contributed by atoms with Gasteiger partial charge in [0.2, 0.25) is 0 Å². The van der Waals surface area contributed by atoms with Crippen molar-refractivity contribution >= 4 is 33.9 Å². The van der Waals surface area contributed by atoms with Crippen LogP contribution in [0, 0.1) is 19.7 Å². The number of aryl methyl sites for hydroxylation is 2. The van der Waals surface area contributed by atoms with Crippen LogP contribution in [0.4, 0.5) is 9.52 Å². The lowest BCUT2D eigenvalue weighted by molar-refractivity contribution is -0.132. The van der Waals surface area contributed by atoms with Gasteiger partial charge in [-0.3, -0.25) is 14.5 Å². The van der Waals surface area contributed by atoms with Gasteiger partial charge in [0.15, 0.2) is 5.13 Å².